The summed E-state index contributed by atoms with van der Waals surface area (Å²) in [7, 11) is 3.96. The van der Waals surface area contributed by atoms with E-state index in [2.05, 4.69) is 4.90 Å². The fourth-order valence-corrected chi connectivity index (χ4v) is 2.88. The van der Waals surface area contributed by atoms with Gasteiger partial charge in [-0.2, -0.15) is 0 Å². The summed E-state index contributed by atoms with van der Waals surface area (Å²) in [6.45, 7) is 3.90. The quantitative estimate of drug-likeness (QED) is 0.852. The normalized spacial score (nSPS) is 15.8. The molecule has 22 heavy (non-hydrogen) atoms. The smallest absolute Gasteiger partial charge is 0.253 e. The van der Waals surface area contributed by atoms with E-state index in [0.29, 0.717) is 13.1 Å². The lowest BCUT2D eigenvalue weighted by atomic mass is 10.3. The van der Waals surface area contributed by atoms with E-state index >= 15 is 0 Å². The zero-order valence-corrected chi connectivity index (χ0v) is 13.2. The lowest BCUT2D eigenvalue weighted by molar-refractivity contribution is 0.257. The van der Waals surface area contributed by atoms with Crippen molar-refractivity contribution in [2.75, 3.05) is 20.6 Å². The summed E-state index contributed by atoms with van der Waals surface area (Å²) in [6, 6.07) is 3.64. The maximum atomic E-state index is 12.3. The minimum absolute atomic E-state index is 0.0620. The molecule has 0 saturated carbocycles. The van der Waals surface area contributed by atoms with Gasteiger partial charge in [0.2, 0.25) is 0 Å². The Balaban J connectivity index is 1.84. The second-order valence-corrected chi connectivity index (χ2v) is 6.09. The number of hydrogen-bond donors (Lipinski definition) is 0. The van der Waals surface area contributed by atoms with E-state index in [4.69, 9.17) is 9.40 Å². The van der Waals surface area contributed by atoms with Crippen LogP contribution in [0.3, 0.4) is 0 Å². The molecular formula is C16H22N4O2. The molecule has 0 spiro atoms. The van der Waals surface area contributed by atoms with Gasteiger partial charge in [0.15, 0.2) is 0 Å². The standard InChI is InChI=1S/C16H22N4O2/c1-18(2)10-14-8-16(21)20-6-3-5-19(11-15(20)17-14)9-13-4-7-22-12-13/h4,7-8,12H,3,5-6,9-11H2,1-2H3. The first-order valence-electron chi connectivity index (χ1n) is 7.59. The molecule has 3 rings (SSSR count). The molecule has 0 fully saturated rings. The molecule has 6 nitrogen and oxygen atoms in total. The van der Waals surface area contributed by atoms with E-state index in [0.717, 1.165) is 43.1 Å². The summed E-state index contributed by atoms with van der Waals surface area (Å²) < 4.78 is 6.95. The highest BCUT2D eigenvalue weighted by atomic mass is 16.3. The maximum Gasteiger partial charge on any atom is 0.253 e. The van der Waals surface area contributed by atoms with Crippen molar-refractivity contribution in [2.24, 2.45) is 0 Å². The molecule has 0 aliphatic carbocycles. The van der Waals surface area contributed by atoms with Gasteiger partial charge in [-0.3, -0.25) is 14.3 Å². The monoisotopic (exact) mass is 302 g/mol. The molecule has 6 heteroatoms. The minimum atomic E-state index is 0.0620. The summed E-state index contributed by atoms with van der Waals surface area (Å²) >= 11 is 0. The van der Waals surface area contributed by atoms with Gasteiger partial charge in [0, 0.05) is 37.8 Å². The summed E-state index contributed by atoms with van der Waals surface area (Å²) in [5, 5.41) is 0. The van der Waals surface area contributed by atoms with Crippen LogP contribution in [0.1, 0.15) is 23.5 Å². The Bertz CT molecular complexity index is 676. The predicted octanol–water partition coefficient (Wildman–Crippen LogP) is 1.30. The zero-order chi connectivity index (χ0) is 15.5. The summed E-state index contributed by atoms with van der Waals surface area (Å²) in [6.07, 6.45) is 4.42. The van der Waals surface area contributed by atoms with Gasteiger partial charge in [0.25, 0.3) is 5.56 Å². The van der Waals surface area contributed by atoms with Crippen LogP contribution in [0.2, 0.25) is 0 Å². The molecule has 2 aromatic rings. The van der Waals surface area contributed by atoms with Crippen LogP contribution in [0.25, 0.3) is 0 Å². The van der Waals surface area contributed by atoms with Crippen LogP contribution < -0.4 is 5.56 Å². The van der Waals surface area contributed by atoms with Gasteiger partial charge in [0.1, 0.15) is 5.82 Å². The van der Waals surface area contributed by atoms with E-state index in [-0.39, 0.29) is 5.56 Å². The first-order chi connectivity index (χ1) is 10.6. The Morgan fingerprint density at radius 1 is 1.36 bits per heavy atom. The molecule has 0 atom stereocenters. The molecule has 0 aromatic carbocycles. The number of aromatic nitrogens is 2. The molecule has 118 valence electrons. The molecule has 1 aliphatic heterocycles. The van der Waals surface area contributed by atoms with Crippen molar-refractivity contribution in [3.63, 3.8) is 0 Å². The molecule has 3 heterocycles. The van der Waals surface area contributed by atoms with Crippen molar-refractivity contribution in [1.29, 1.82) is 0 Å². The van der Waals surface area contributed by atoms with Gasteiger partial charge in [0.05, 0.1) is 24.8 Å². The third-order valence-corrected chi connectivity index (χ3v) is 3.83. The third-order valence-electron chi connectivity index (χ3n) is 3.83. The minimum Gasteiger partial charge on any atom is -0.472 e. The SMILES string of the molecule is CN(C)Cc1cc(=O)n2c(n1)CN(Cc1ccoc1)CCC2. The van der Waals surface area contributed by atoms with Gasteiger partial charge in [-0.15, -0.1) is 0 Å². The molecule has 1 aliphatic rings. The maximum absolute atomic E-state index is 12.3. The lowest BCUT2D eigenvalue weighted by Gasteiger charge is -2.19. The molecule has 0 unspecified atom stereocenters. The Hall–Kier alpha value is -1.92. The lowest BCUT2D eigenvalue weighted by Crippen LogP contribution is -2.28. The summed E-state index contributed by atoms with van der Waals surface area (Å²) in [4.78, 5) is 21.4. The van der Waals surface area contributed by atoms with Crippen molar-refractivity contribution < 1.29 is 4.42 Å². The van der Waals surface area contributed by atoms with E-state index in [9.17, 15) is 4.79 Å². The number of rotatable bonds is 4. The Morgan fingerprint density at radius 2 is 2.23 bits per heavy atom. The third kappa shape index (κ3) is 3.45. The van der Waals surface area contributed by atoms with E-state index in [1.807, 2.05) is 29.6 Å². The van der Waals surface area contributed by atoms with Crippen molar-refractivity contribution in [3.05, 3.63) is 52.1 Å². The van der Waals surface area contributed by atoms with Gasteiger partial charge in [-0.25, -0.2) is 4.98 Å². The van der Waals surface area contributed by atoms with Crippen LogP contribution in [0.15, 0.2) is 33.9 Å². The zero-order valence-electron chi connectivity index (χ0n) is 13.2. The van der Waals surface area contributed by atoms with Crippen LogP contribution >= 0.6 is 0 Å². The summed E-state index contributed by atoms with van der Waals surface area (Å²) in [5.41, 5.74) is 2.05. The van der Waals surface area contributed by atoms with Gasteiger partial charge in [-0.1, -0.05) is 0 Å². The molecule has 2 aromatic heterocycles. The molecule has 0 amide bonds. The number of furan rings is 1. The Labute approximate surface area is 130 Å². The van der Waals surface area contributed by atoms with Gasteiger partial charge >= 0.3 is 0 Å². The van der Waals surface area contributed by atoms with Gasteiger partial charge < -0.3 is 9.32 Å². The topological polar surface area (TPSA) is 54.5 Å². The van der Waals surface area contributed by atoms with Crippen LogP contribution in [0.4, 0.5) is 0 Å². The number of hydrogen-bond acceptors (Lipinski definition) is 5. The van der Waals surface area contributed by atoms with Crippen molar-refractivity contribution in [2.45, 2.75) is 32.6 Å². The first kappa shape index (κ1) is 15.0. The van der Waals surface area contributed by atoms with Crippen LogP contribution in [-0.2, 0) is 26.2 Å². The van der Waals surface area contributed by atoms with Crippen LogP contribution in [0, 0.1) is 0 Å². The van der Waals surface area contributed by atoms with Crippen LogP contribution in [0.5, 0.6) is 0 Å². The molecule has 0 N–H and O–H groups in total. The Morgan fingerprint density at radius 3 is 2.95 bits per heavy atom. The predicted molar refractivity (Wildman–Crippen MR) is 83.3 cm³/mol. The fourth-order valence-electron chi connectivity index (χ4n) is 2.88. The van der Waals surface area contributed by atoms with E-state index in [1.54, 1.807) is 18.6 Å². The molecule has 0 radical (unpaired) electrons. The largest absolute Gasteiger partial charge is 0.472 e. The fraction of sp³-hybridized carbons (Fsp3) is 0.500. The Kier molecular flexibility index (Phi) is 4.40. The molecular weight excluding hydrogens is 280 g/mol. The average Bonchev–Trinajstić information content (AvgIpc) is 2.85. The van der Waals surface area contributed by atoms with Crippen molar-refractivity contribution in [3.8, 4) is 0 Å². The molecule has 0 bridgehead atoms. The second kappa shape index (κ2) is 6.46. The highest BCUT2D eigenvalue weighted by molar-refractivity contribution is 5.08. The summed E-state index contributed by atoms with van der Waals surface area (Å²) in [5.74, 6) is 0.866. The second-order valence-electron chi connectivity index (χ2n) is 6.09. The number of nitrogens with zero attached hydrogens (tertiary/aromatic N) is 4. The number of fused-ring (bicyclic) bond motifs is 1. The molecule has 0 saturated heterocycles. The van der Waals surface area contributed by atoms with Crippen molar-refractivity contribution >= 4 is 0 Å². The van der Waals surface area contributed by atoms with Crippen LogP contribution in [-0.4, -0.2) is 40.0 Å². The van der Waals surface area contributed by atoms with Gasteiger partial charge in [-0.05, 0) is 26.6 Å². The highest BCUT2D eigenvalue weighted by Crippen LogP contribution is 2.13. The van der Waals surface area contributed by atoms with E-state index < -0.39 is 0 Å². The van der Waals surface area contributed by atoms with Crippen molar-refractivity contribution in [1.82, 2.24) is 19.4 Å². The van der Waals surface area contributed by atoms with E-state index in [1.165, 1.54) is 0 Å². The highest BCUT2D eigenvalue weighted by Gasteiger charge is 2.18. The average molecular weight is 302 g/mol. The first-order valence-corrected chi connectivity index (χ1v) is 7.59.